The van der Waals surface area contributed by atoms with Crippen molar-refractivity contribution in [3.63, 3.8) is 0 Å². The molecule has 2 N–H and O–H groups in total. The first-order valence-electron chi connectivity index (χ1n) is 8.71. The van der Waals surface area contributed by atoms with Gasteiger partial charge in [0.25, 0.3) is 0 Å². The van der Waals surface area contributed by atoms with Crippen LogP contribution in [0.15, 0.2) is 65.3 Å². The van der Waals surface area contributed by atoms with Crippen molar-refractivity contribution in [2.75, 3.05) is 10.6 Å². The van der Waals surface area contributed by atoms with Crippen molar-refractivity contribution >= 4 is 17.7 Å². The molecule has 2 amide bonds. The van der Waals surface area contributed by atoms with E-state index in [1.165, 1.54) is 0 Å². The largest absolute Gasteiger partial charge is 0.489 e. The Bertz CT molecular complexity index is 881. The lowest BCUT2D eigenvalue weighted by molar-refractivity contribution is 0.261. The summed E-state index contributed by atoms with van der Waals surface area (Å²) in [6.45, 7) is 6.57. The monoisotopic (exact) mass is 365 g/mol. The van der Waals surface area contributed by atoms with Crippen molar-refractivity contribution in [3.05, 3.63) is 72.1 Å². The second kappa shape index (κ2) is 7.95. The normalized spacial score (nSPS) is 11.1. The van der Waals surface area contributed by atoms with Crippen LogP contribution in [0, 0.1) is 0 Å². The van der Waals surface area contributed by atoms with Gasteiger partial charge in [-0.3, -0.25) is 5.32 Å². The van der Waals surface area contributed by atoms with Gasteiger partial charge >= 0.3 is 12.0 Å². The maximum absolute atomic E-state index is 12.1. The molecule has 1 heterocycles. The third-order valence-electron chi connectivity index (χ3n) is 3.85. The van der Waals surface area contributed by atoms with Crippen molar-refractivity contribution in [2.45, 2.75) is 32.8 Å². The summed E-state index contributed by atoms with van der Waals surface area (Å²) in [7, 11) is 0. The van der Waals surface area contributed by atoms with Gasteiger partial charge in [0.15, 0.2) is 0 Å². The molecule has 0 fully saturated rings. The predicted molar refractivity (Wildman–Crippen MR) is 105 cm³/mol. The first-order valence-corrected chi connectivity index (χ1v) is 8.71. The molecule has 140 valence electrons. The highest BCUT2D eigenvalue weighted by atomic mass is 16.5. The Morgan fingerprint density at radius 2 is 1.74 bits per heavy atom. The summed E-state index contributed by atoms with van der Waals surface area (Å²) in [5.41, 5.74) is 2.37. The molecule has 2 aromatic carbocycles. The van der Waals surface area contributed by atoms with E-state index in [1.807, 2.05) is 51.1 Å². The first kappa shape index (κ1) is 18.5. The fraction of sp³-hybridized carbons (Fsp3) is 0.238. The minimum absolute atomic E-state index is 0.143. The van der Waals surface area contributed by atoms with Crippen LogP contribution in [0.3, 0.4) is 0 Å². The number of carbonyl (C=O) groups excluding carboxylic acids is 1. The van der Waals surface area contributed by atoms with Crippen LogP contribution < -0.4 is 15.4 Å². The molecule has 0 bridgehead atoms. The van der Waals surface area contributed by atoms with Crippen LogP contribution in [-0.4, -0.2) is 11.0 Å². The number of aromatic nitrogens is 1. The second-order valence-corrected chi connectivity index (χ2v) is 7.17. The fourth-order valence-electron chi connectivity index (χ4n) is 2.31. The van der Waals surface area contributed by atoms with Crippen LogP contribution in [0.4, 0.5) is 16.5 Å². The van der Waals surface area contributed by atoms with Crippen LogP contribution in [0.25, 0.3) is 0 Å². The second-order valence-electron chi connectivity index (χ2n) is 7.17. The van der Waals surface area contributed by atoms with Crippen molar-refractivity contribution < 1.29 is 13.9 Å². The molecule has 0 unspecified atom stereocenters. The number of oxazole rings is 1. The average Bonchev–Trinajstić information content (AvgIpc) is 3.11. The Hall–Kier alpha value is -3.28. The highest BCUT2D eigenvalue weighted by molar-refractivity contribution is 5.98. The zero-order valence-electron chi connectivity index (χ0n) is 15.7. The third-order valence-corrected chi connectivity index (χ3v) is 3.85. The number of nitrogens with zero attached hydrogens (tertiary/aromatic N) is 1. The van der Waals surface area contributed by atoms with Gasteiger partial charge in [0.2, 0.25) is 0 Å². The molecule has 3 rings (SSSR count). The molecule has 0 radical (unpaired) electrons. The van der Waals surface area contributed by atoms with Gasteiger partial charge in [-0.2, -0.15) is 4.98 Å². The Morgan fingerprint density at radius 1 is 1.04 bits per heavy atom. The summed E-state index contributed by atoms with van der Waals surface area (Å²) in [4.78, 5) is 16.4. The number of benzene rings is 2. The number of rotatable bonds is 5. The standard InChI is InChI=1S/C21H23N3O3/c1-21(2,3)18-14-27-20(23-18)24-19(25)22-16-9-11-17(12-10-16)26-13-15-7-5-4-6-8-15/h4-12,14H,13H2,1-3H3,(H2,22,23,24,25). The Kier molecular flexibility index (Phi) is 5.45. The van der Waals surface area contributed by atoms with E-state index in [0.29, 0.717) is 12.3 Å². The number of urea groups is 1. The lowest BCUT2D eigenvalue weighted by Gasteiger charge is -2.12. The maximum atomic E-state index is 12.1. The zero-order valence-corrected chi connectivity index (χ0v) is 15.7. The van der Waals surface area contributed by atoms with Gasteiger partial charge in [0.05, 0.1) is 5.69 Å². The van der Waals surface area contributed by atoms with Gasteiger partial charge in [-0.05, 0) is 29.8 Å². The smallest absolute Gasteiger partial charge is 0.327 e. The van der Waals surface area contributed by atoms with E-state index < -0.39 is 6.03 Å². The van der Waals surface area contributed by atoms with E-state index in [2.05, 4.69) is 15.6 Å². The number of hydrogen-bond donors (Lipinski definition) is 2. The van der Waals surface area contributed by atoms with Crippen molar-refractivity contribution in [1.82, 2.24) is 4.98 Å². The molecule has 1 aromatic heterocycles. The Labute approximate surface area is 158 Å². The highest BCUT2D eigenvalue weighted by Gasteiger charge is 2.19. The molecule has 0 aliphatic carbocycles. The van der Waals surface area contributed by atoms with Crippen molar-refractivity contribution in [1.29, 1.82) is 0 Å². The molecule has 0 aliphatic rings. The van der Waals surface area contributed by atoms with E-state index in [1.54, 1.807) is 30.5 Å². The molecule has 3 aromatic rings. The molecule has 6 heteroatoms. The quantitative estimate of drug-likeness (QED) is 0.652. The molecular weight excluding hydrogens is 342 g/mol. The van der Waals surface area contributed by atoms with E-state index >= 15 is 0 Å². The molecule has 0 atom stereocenters. The van der Waals surface area contributed by atoms with Gasteiger partial charge in [-0.25, -0.2) is 4.79 Å². The number of amides is 2. The van der Waals surface area contributed by atoms with E-state index in [0.717, 1.165) is 17.0 Å². The van der Waals surface area contributed by atoms with Crippen LogP contribution in [0.5, 0.6) is 5.75 Å². The summed E-state index contributed by atoms with van der Waals surface area (Å²) in [5, 5.41) is 5.32. The lowest BCUT2D eigenvalue weighted by atomic mass is 9.93. The molecule has 0 saturated heterocycles. The topological polar surface area (TPSA) is 76.4 Å². The van der Waals surface area contributed by atoms with E-state index in [9.17, 15) is 4.79 Å². The Morgan fingerprint density at radius 3 is 2.37 bits per heavy atom. The summed E-state index contributed by atoms with van der Waals surface area (Å²) in [6.07, 6.45) is 1.55. The van der Waals surface area contributed by atoms with E-state index in [4.69, 9.17) is 9.15 Å². The van der Waals surface area contributed by atoms with Gasteiger partial charge < -0.3 is 14.5 Å². The van der Waals surface area contributed by atoms with Crippen molar-refractivity contribution in [3.8, 4) is 5.75 Å². The number of ether oxygens (including phenoxy) is 1. The molecule has 0 aliphatic heterocycles. The molecule has 0 spiro atoms. The number of nitrogens with one attached hydrogen (secondary N) is 2. The SMILES string of the molecule is CC(C)(C)c1coc(NC(=O)Nc2ccc(OCc3ccccc3)cc2)n1. The fourth-order valence-corrected chi connectivity index (χ4v) is 2.31. The third kappa shape index (κ3) is 5.34. The maximum Gasteiger partial charge on any atom is 0.327 e. The number of carbonyl (C=O) groups is 1. The molecule has 27 heavy (non-hydrogen) atoms. The zero-order chi connectivity index (χ0) is 19.3. The first-order chi connectivity index (χ1) is 12.9. The Balaban J connectivity index is 1.51. The number of anilines is 2. The molecular formula is C21H23N3O3. The summed E-state index contributed by atoms with van der Waals surface area (Å²) in [5.74, 6) is 0.729. The van der Waals surface area contributed by atoms with Gasteiger partial charge in [0, 0.05) is 11.1 Å². The van der Waals surface area contributed by atoms with Gasteiger partial charge in [0.1, 0.15) is 18.6 Å². The van der Waals surface area contributed by atoms with Gasteiger partial charge in [-0.15, -0.1) is 0 Å². The minimum atomic E-state index is -0.421. The molecule has 6 nitrogen and oxygen atoms in total. The summed E-state index contributed by atoms with van der Waals surface area (Å²) < 4.78 is 11.0. The average molecular weight is 365 g/mol. The lowest BCUT2D eigenvalue weighted by Crippen LogP contribution is -2.20. The van der Waals surface area contributed by atoms with Crippen molar-refractivity contribution in [2.24, 2.45) is 0 Å². The molecule has 0 saturated carbocycles. The van der Waals surface area contributed by atoms with Crippen LogP contribution >= 0.6 is 0 Å². The van der Waals surface area contributed by atoms with Crippen LogP contribution in [-0.2, 0) is 12.0 Å². The van der Waals surface area contributed by atoms with E-state index in [-0.39, 0.29) is 11.4 Å². The van der Waals surface area contributed by atoms with Crippen LogP contribution in [0.1, 0.15) is 32.0 Å². The van der Waals surface area contributed by atoms with Crippen LogP contribution in [0.2, 0.25) is 0 Å². The highest BCUT2D eigenvalue weighted by Crippen LogP contribution is 2.23. The summed E-state index contributed by atoms with van der Waals surface area (Å²) >= 11 is 0. The predicted octanol–water partition coefficient (Wildman–Crippen LogP) is 5.20. The minimum Gasteiger partial charge on any atom is -0.489 e. The van der Waals surface area contributed by atoms with Gasteiger partial charge in [-0.1, -0.05) is 51.1 Å². The number of hydrogen-bond acceptors (Lipinski definition) is 4. The summed E-state index contributed by atoms with van der Waals surface area (Å²) in [6, 6.07) is 16.8.